The van der Waals surface area contributed by atoms with Crippen molar-refractivity contribution >= 4 is 17.7 Å². The lowest BCUT2D eigenvalue weighted by Gasteiger charge is -2.23. The third-order valence-electron chi connectivity index (χ3n) is 5.31. The van der Waals surface area contributed by atoms with Crippen molar-refractivity contribution in [3.63, 3.8) is 0 Å². The molecule has 0 atom stereocenters. The summed E-state index contributed by atoms with van der Waals surface area (Å²) in [5.41, 5.74) is 1.05. The van der Waals surface area contributed by atoms with Crippen molar-refractivity contribution in [2.75, 3.05) is 37.7 Å². The van der Waals surface area contributed by atoms with E-state index < -0.39 is 17.7 Å². The summed E-state index contributed by atoms with van der Waals surface area (Å²) in [7, 11) is 0. The Hall–Kier alpha value is -3.04. The Bertz CT molecular complexity index is 954. The van der Waals surface area contributed by atoms with Gasteiger partial charge in [-0.2, -0.15) is 13.2 Å². The number of rotatable bonds is 4. The molecule has 3 heterocycles. The summed E-state index contributed by atoms with van der Waals surface area (Å²) in [5, 5.41) is 0. The summed E-state index contributed by atoms with van der Waals surface area (Å²) in [6.07, 6.45) is -2.97. The zero-order valence-electron chi connectivity index (χ0n) is 17.7. The first kappa shape index (κ1) is 22.6. The van der Waals surface area contributed by atoms with Crippen molar-refractivity contribution in [1.29, 1.82) is 0 Å². The standard InChI is InChI=1S/C21H25F3N4O3/c1-4-31-20(30)17-13(2)18(26-14(17)3)19(29)28-9-5-8-27(10-11-28)16-7-6-15(12-25-16)21(22,23)24/h6-7,12,26H,4-5,8-11H2,1-3H3. The number of nitrogens with one attached hydrogen (secondary N) is 1. The van der Waals surface area contributed by atoms with E-state index in [2.05, 4.69) is 9.97 Å². The Labute approximate surface area is 178 Å². The quantitative estimate of drug-likeness (QED) is 0.739. The molecule has 0 aromatic carbocycles. The lowest BCUT2D eigenvalue weighted by atomic mass is 10.1. The number of halogens is 3. The summed E-state index contributed by atoms with van der Waals surface area (Å²) in [4.78, 5) is 35.8. The molecule has 1 saturated heterocycles. The van der Waals surface area contributed by atoms with Gasteiger partial charge in [-0.15, -0.1) is 0 Å². The third-order valence-corrected chi connectivity index (χ3v) is 5.31. The highest BCUT2D eigenvalue weighted by Gasteiger charge is 2.31. The van der Waals surface area contributed by atoms with Crippen molar-refractivity contribution < 1.29 is 27.5 Å². The van der Waals surface area contributed by atoms with Crippen LogP contribution in [0.3, 0.4) is 0 Å². The molecule has 2 aromatic heterocycles. The molecule has 1 aliphatic rings. The first-order valence-electron chi connectivity index (χ1n) is 10.1. The molecule has 31 heavy (non-hydrogen) atoms. The van der Waals surface area contributed by atoms with Crippen LogP contribution in [0.5, 0.6) is 0 Å². The Morgan fingerprint density at radius 3 is 2.52 bits per heavy atom. The van der Waals surface area contributed by atoms with Crippen molar-refractivity contribution in [3.8, 4) is 0 Å². The highest BCUT2D eigenvalue weighted by atomic mass is 19.4. The number of H-pyrrole nitrogens is 1. The number of aryl methyl sites for hydroxylation is 1. The van der Waals surface area contributed by atoms with E-state index in [1.807, 2.05) is 4.90 Å². The predicted molar refractivity (Wildman–Crippen MR) is 108 cm³/mol. The number of amides is 1. The second-order valence-electron chi connectivity index (χ2n) is 7.38. The van der Waals surface area contributed by atoms with Crippen LogP contribution < -0.4 is 4.90 Å². The van der Waals surface area contributed by atoms with Crippen LogP contribution in [0.4, 0.5) is 19.0 Å². The highest BCUT2D eigenvalue weighted by Crippen LogP contribution is 2.29. The van der Waals surface area contributed by atoms with Gasteiger partial charge in [0.05, 0.1) is 17.7 Å². The number of aromatic nitrogens is 2. The average Bonchev–Trinajstić information content (AvgIpc) is 2.88. The molecule has 1 N–H and O–H groups in total. The maximum atomic E-state index is 13.1. The van der Waals surface area contributed by atoms with Crippen LogP contribution in [-0.2, 0) is 10.9 Å². The fourth-order valence-corrected chi connectivity index (χ4v) is 3.72. The SMILES string of the molecule is CCOC(=O)c1c(C)[nH]c(C(=O)N2CCCN(c3ccc(C(F)(F)F)cn3)CC2)c1C. The number of aromatic amines is 1. The number of alkyl halides is 3. The van der Waals surface area contributed by atoms with Crippen LogP contribution in [0.25, 0.3) is 0 Å². The number of hydrogen-bond donors (Lipinski definition) is 1. The molecule has 0 radical (unpaired) electrons. The van der Waals surface area contributed by atoms with E-state index in [0.29, 0.717) is 60.9 Å². The number of pyridine rings is 1. The number of anilines is 1. The smallest absolute Gasteiger partial charge is 0.417 e. The minimum Gasteiger partial charge on any atom is -0.462 e. The van der Waals surface area contributed by atoms with Gasteiger partial charge in [0.1, 0.15) is 11.5 Å². The van der Waals surface area contributed by atoms with Gasteiger partial charge in [-0.25, -0.2) is 9.78 Å². The molecular weight excluding hydrogens is 413 g/mol. The fraction of sp³-hybridized carbons (Fsp3) is 0.476. The summed E-state index contributed by atoms with van der Waals surface area (Å²) in [6, 6.07) is 2.36. The molecule has 0 saturated carbocycles. The van der Waals surface area contributed by atoms with Crippen LogP contribution in [0.2, 0.25) is 0 Å². The zero-order chi connectivity index (χ0) is 22.8. The van der Waals surface area contributed by atoms with E-state index in [0.717, 1.165) is 12.3 Å². The molecule has 0 spiro atoms. The zero-order valence-corrected chi connectivity index (χ0v) is 17.7. The lowest BCUT2D eigenvalue weighted by Crippen LogP contribution is -2.36. The average molecular weight is 438 g/mol. The molecule has 0 aliphatic carbocycles. The normalized spacial score (nSPS) is 15.0. The summed E-state index contributed by atoms with van der Waals surface area (Å²) in [5.74, 6) is -0.250. The second-order valence-corrected chi connectivity index (χ2v) is 7.38. The van der Waals surface area contributed by atoms with Crippen LogP contribution in [0, 0.1) is 13.8 Å². The first-order valence-corrected chi connectivity index (χ1v) is 10.1. The highest BCUT2D eigenvalue weighted by molar-refractivity contribution is 6.00. The Morgan fingerprint density at radius 2 is 1.90 bits per heavy atom. The lowest BCUT2D eigenvalue weighted by molar-refractivity contribution is -0.137. The molecule has 0 unspecified atom stereocenters. The first-order chi connectivity index (χ1) is 14.6. The van der Waals surface area contributed by atoms with E-state index in [-0.39, 0.29) is 12.5 Å². The molecule has 1 amide bonds. The van der Waals surface area contributed by atoms with Crippen LogP contribution in [0.15, 0.2) is 18.3 Å². The van der Waals surface area contributed by atoms with Gasteiger partial charge in [-0.05, 0) is 44.9 Å². The fourth-order valence-electron chi connectivity index (χ4n) is 3.72. The Balaban J connectivity index is 1.72. The molecule has 10 heteroatoms. The molecule has 1 fully saturated rings. The molecule has 2 aromatic rings. The van der Waals surface area contributed by atoms with E-state index in [1.54, 1.807) is 25.7 Å². The van der Waals surface area contributed by atoms with Gasteiger partial charge in [0.2, 0.25) is 0 Å². The maximum Gasteiger partial charge on any atom is 0.417 e. The van der Waals surface area contributed by atoms with Crippen LogP contribution >= 0.6 is 0 Å². The van der Waals surface area contributed by atoms with Gasteiger partial charge in [0.15, 0.2) is 0 Å². The minimum atomic E-state index is -4.43. The number of hydrogen-bond acceptors (Lipinski definition) is 5. The van der Waals surface area contributed by atoms with Gasteiger partial charge in [-0.1, -0.05) is 0 Å². The van der Waals surface area contributed by atoms with E-state index in [4.69, 9.17) is 4.74 Å². The van der Waals surface area contributed by atoms with E-state index >= 15 is 0 Å². The van der Waals surface area contributed by atoms with E-state index in [1.165, 1.54) is 6.07 Å². The number of ether oxygens (including phenoxy) is 1. The number of esters is 1. The number of carbonyl (C=O) groups is 2. The third kappa shape index (κ3) is 4.83. The molecule has 1 aliphatic heterocycles. The second kappa shape index (κ2) is 8.99. The molecule has 168 valence electrons. The van der Waals surface area contributed by atoms with Gasteiger partial charge >= 0.3 is 12.1 Å². The van der Waals surface area contributed by atoms with Crippen molar-refractivity contribution in [2.24, 2.45) is 0 Å². The van der Waals surface area contributed by atoms with Gasteiger partial charge < -0.3 is 19.5 Å². The van der Waals surface area contributed by atoms with Gasteiger partial charge in [-0.3, -0.25) is 4.79 Å². The van der Waals surface area contributed by atoms with Gasteiger partial charge in [0.25, 0.3) is 5.91 Å². The monoisotopic (exact) mass is 438 g/mol. The number of nitrogens with zero attached hydrogens (tertiary/aromatic N) is 3. The van der Waals surface area contributed by atoms with Crippen LogP contribution in [0.1, 0.15) is 51.0 Å². The Kier molecular flexibility index (Phi) is 6.56. The predicted octanol–water partition coefficient (Wildman–Crippen LogP) is 3.57. The molecular formula is C21H25F3N4O3. The Morgan fingerprint density at radius 1 is 1.16 bits per heavy atom. The topological polar surface area (TPSA) is 78.5 Å². The van der Waals surface area contributed by atoms with Crippen molar-refractivity contribution in [2.45, 2.75) is 33.4 Å². The molecule has 0 bridgehead atoms. The molecule has 7 nitrogen and oxygen atoms in total. The van der Waals surface area contributed by atoms with Crippen molar-refractivity contribution in [3.05, 3.63) is 46.4 Å². The number of carbonyl (C=O) groups excluding carboxylic acids is 2. The molecule has 3 rings (SSSR count). The van der Waals surface area contributed by atoms with E-state index in [9.17, 15) is 22.8 Å². The van der Waals surface area contributed by atoms with Crippen LogP contribution in [-0.4, -0.2) is 59.5 Å². The van der Waals surface area contributed by atoms with Gasteiger partial charge in [0, 0.05) is 38.1 Å². The summed E-state index contributed by atoms with van der Waals surface area (Å²) >= 11 is 0. The summed E-state index contributed by atoms with van der Waals surface area (Å²) in [6.45, 7) is 7.26. The minimum absolute atomic E-state index is 0.224. The maximum absolute atomic E-state index is 13.1. The largest absolute Gasteiger partial charge is 0.462 e. The van der Waals surface area contributed by atoms with Crippen molar-refractivity contribution in [1.82, 2.24) is 14.9 Å². The summed E-state index contributed by atoms with van der Waals surface area (Å²) < 4.78 is 43.3.